The third kappa shape index (κ3) is 4.29. The number of alkyl halides is 3. The van der Waals surface area contributed by atoms with Crippen molar-refractivity contribution in [2.24, 2.45) is 11.7 Å². The summed E-state index contributed by atoms with van der Waals surface area (Å²) < 4.78 is 75.5. The number of halogens is 5. The van der Waals surface area contributed by atoms with Crippen molar-refractivity contribution in [3.63, 3.8) is 0 Å². The van der Waals surface area contributed by atoms with Crippen LogP contribution in [0.25, 0.3) is 0 Å². The molecule has 4 atom stereocenters. The summed E-state index contributed by atoms with van der Waals surface area (Å²) in [6, 6.07) is 4.47. The molecule has 0 unspecified atom stereocenters. The Bertz CT molecular complexity index is 1090. The van der Waals surface area contributed by atoms with E-state index in [0.29, 0.717) is 0 Å². The number of aromatic nitrogens is 1. The molecule has 11 heteroatoms. The van der Waals surface area contributed by atoms with Crippen LogP contribution in [0.5, 0.6) is 0 Å². The Kier molecular flexibility index (Phi) is 6.47. The van der Waals surface area contributed by atoms with E-state index in [2.05, 4.69) is 10.3 Å². The van der Waals surface area contributed by atoms with Gasteiger partial charge in [0, 0.05) is 23.7 Å². The number of pyridine rings is 1. The standard InChI is InChI=1S/C22H22F5N3O3/c1-4-12-13(5-6-14(23)17(12)24)16-10(2)21(3,22(25,26)27)33-18(16)20(32)30-11-7-8-29-15(9-11)19(28)31/h5-10,16,18H,4H2,1-3H3,(H2,28,31)(H,29,30,32)/t10-,16+,18+,21+/m0/s1. The fraction of sp³-hybridized carbons (Fsp3) is 0.409. The first-order chi connectivity index (χ1) is 15.3. The number of hydrogen-bond donors (Lipinski definition) is 2. The van der Waals surface area contributed by atoms with Gasteiger partial charge in [-0.3, -0.25) is 14.6 Å². The van der Waals surface area contributed by atoms with E-state index in [4.69, 9.17) is 10.5 Å². The summed E-state index contributed by atoms with van der Waals surface area (Å²) in [6.45, 7) is 3.60. The number of anilines is 1. The van der Waals surface area contributed by atoms with Gasteiger partial charge in [0.05, 0.1) is 0 Å². The lowest BCUT2D eigenvalue weighted by molar-refractivity contribution is -0.272. The lowest BCUT2D eigenvalue weighted by Crippen LogP contribution is -2.47. The third-order valence-corrected chi connectivity index (χ3v) is 6.15. The number of ether oxygens (including phenoxy) is 1. The zero-order valence-electron chi connectivity index (χ0n) is 18.0. The topological polar surface area (TPSA) is 94.3 Å². The SMILES string of the molecule is CCc1c([C@@H]2[C@H](C(=O)Nc3ccnc(C(N)=O)c3)O[C@@](C)(C(F)(F)F)[C@H]2C)ccc(F)c1F. The second-order valence-electron chi connectivity index (χ2n) is 8.02. The van der Waals surface area contributed by atoms with Crippen molar-refractivity contribution >= 4 is 17.5 Å². The summed E-state index contributed by atoms with van der Waals surface area (Å²) in [5.41, 5.74) is 2.26. The van der Waals surface area contributed by atoms with Gasteiger partial charge in [0.1, 0.15) is 11.8 Å². The number of carbonyl (C=O) groups is 2. The maximum atomic E-state index is 14.5. The van der Waals surface area contributed by atoms with Crippen LogP contribution >= 0.6 is 0 Å². The number of benzene rings is 1. The normalized spacial score (nSPS) is 25.2. The monoisotopic (exact) mass is 471 g/mol. The summed E-state index contributed by atoms with van der Waals surface area (Å²) in [5.74, 6) is -6.69. The number of carbonyl (C=O) groups excluding carboxylic acids is 2. The summed E-state index contributed by atoms with van der Waals surface area (Å²) in [4.78, 5) is 28.1. The fourth-order valence-corrected chi connectivity index (χ4v) is 4.16. The van der Waals surface area contributed by atoms with Gasteiger partial charge in [0.2, 0.25) is 0 Å². The van der Waals surface area contributed by atoms with Crippen LogP contribution in [0, 0.1) is 17.6 Å². The second-order valence-corrected chi connectivity index (χ2v) is 8.02. The Morgan fingerprint density at radius 2 is 1.91 bits per heavy atom. The minimum atomic E-state index is -4.85. The average molecular weight is 471 g/mol. The van der Waals surface area contributed by atoms with Gasteiger partial charge in [0.25, 0.3) is 11.8 Å². The maximum Gasteiger partial charge on any atom is 0.417 e. The molecule has 1 aliphatic rings. The Hall–Kier alpha value is -3.08. The molecule has 1 aromatic carbocycles. The van der Waals surface area contributed by atoms with E-state index in [1.54, 1.807) is 0 Å². The Balaban J connectivity index is 2.07. The van der Waals surface area contributed by atoms with E-state index in [-0.39, 0.29) is 28.9 Å². The van der Waals surface area contributed by atoms with Gasteiger partial charge in [-0.25, -0.2) is 8.78 Å². The van der Waals surface area contributed by atoms with Crippen molar-refractivity contribution < 1.29 is 36.3 Å². The molecule has 1 aromatic heterocycles. The van der Waals surface area contributed by atoms with Crippen molar-refractivity contribution in [3.05, 3.63) is 58.9 Å². The molecule has 0 spiro atoms. The summed E-state index contributed by atoms with van der Waals surface area (Å²) in [7, 11) is 0. The van der Waals surface area contributed by atoms with Crippen LogP contribution < -0.4 is 11.1 Å². The fourth-order valence-electron chi connectivity index (χ4n) is 4.16. The first-order valence-corrected chi connectivity index (χ1v) is 10.1. The van der Waals surface area contributed by atoms with Gasteiger partial charge in [-0.05, 0) is 42.7 Å². The molecule has 3 rings (SSSR count). The number of nitrogens with zero attached hydrogens (tertiary/aromatic N) is 1. The molecular formula is C22H22F5N3O3. The molecule has 1 fully saturated rings. The number of primary amides is 1. The molecule has 0 saturated carbocycles. The Morgan fingerprint density at radius 3 is 2.48 bits per heavy atom. The number of nitrogens with one attached hydrogen (secondary N) is 1. The van der Waals surface area contributed by atoms with Crippen LogP contribution in [-0.4, -0.2) is 34.7 Å². The molecule has 2 aromatic rings. The smallest absolute Gasteiger partial charge is 0.364 e. The average Bonchev–Trinajstić information content (AvgIpc) is 3.02. The van der Waals surface area contributed by atoms with E-state index in [1.807, 2.05) is 0 Å². The number of amides is 2. The third-order valence-electron chi connectivity index (χ3n) is 6.15. The first kappa shape index (κ1) is 24.6. The van der Waals surface area contributed by atoms with Gasteiger partial charge in [-0.15, -0.1) is 0 Å². The van der Waals surface area contributed by atoms with Crippen molar-refractivity contribution in [1.29, 1.82) is 0 Å². The molecule has 1 aliphatic heterocycles. The zero-order valence-corrected chi connectivity index (χ0v) is 18.0. The van der Waals surface area contributed by atoms with E-state index < -0.39 is 53.2 Å². The molecule has 0 aliphatic carbocycles. The minimum Gasteiger partial charge on any atom is -0.364 e. The maximum absolute atomic E-state index is 14.5. The van der Waals surface area contributed by atoms with Crippen molar-refractivity contribution in [2.75, 3.05) is 5.32 Å². The molecule has 6 nitrogen and oxygen atoms in total. The largest absolute Gasteiger partial charge is 0.417 e. The molecule has 2 amide bonds. The molecule has 178 valence electrons. The molecule has 0 radical (unpaired) electrons. The number of rotatable bonds is 5. The van der Waals surface area contributed by atoms with Crippen LogP contribution in [0.3, 0.4) is 0 Å². The zero-order chi connectivity index (χ0) is 24.7. The number of hydrogen-bond acceptors (Lipinski definition) is 4. The molecular weight excluding hydrogens is 449 g/mol. The highest BCUT2D eigenvalue weighted by molar-refractivity contribution is 5.97. The van der Waals surface area contributed by atoms with Crippen molar-refractivity contribution in [1.82, 2.24) is 4.98 Å². The highest BCUT2D eigenvalue weighted by Gasteiger charge is 2.65. The predicted molar refractivity (Wildman–Crippen MR) is 108 cm³/mol. The van der Waals surface area contributed by atoms with Crippen molar-refractivity contribution in [3.8, 4) is 0 Å². The van der Waals surface area contributed by atoms with Gasteiger partial charge in [-0.1, -0.05) is 19.9 Å². The highest BCUT2D eigenvalue weighted by atomic mass is 19.4. The summed E-state index contributed by atoms with van der Waals surface area (Å²) in [6.07, 6.45) is -5.35. The van der Waals surface area contributed by atoms with Crippen LogP contribution in [-0.2, 0) is 16.0 Å². The lowest BCUT2D eigenvalue weighted by atomic mass is 9.75. The summed E-state index contributed by atoms with van der Waals surface area (Å²) in [5, 5.41) is 2.41. The highest BCUT2D eigenvalue weighted by Crippen LogP contribution is 2.54. The number of nitrogens with two attached hydrogens (primary N) is 1. The van der Waals surface area contributed by atoms with Gasteiger partial charge in [0.15, 0.2) is 17.2 Å². The van der Waals surface area contributed by atoms with Gasteiger partial charge >= 0.3 is 6.18 Å². The van der Waals surface area contributed by atoms with E-state index in [9.17, 15) is 31.5 Å². The molecule has 0 bridgehead atoms. The van der Waals surface area contributed by atoms with Crippen molar-refractivity contribution in [2.45, 2.75) is 51.0 Å². The minimum absolute atomic E-state index is 0.00839. The lowest BCUT2D eigenvalue weighted by Gasteiger charge is -2.32. The van der Waals surface area contributed by atoms with Crippen LogP contribution in [0.4, 0.5) is 27.6 Å². The van der Waals surface area contributed by atoms with Crippen LogP contribution in [0.2, 0.25) is 0 Å². The Labute approximate surface area is 186 Å². The van der Waals surface area contributed by atoms with Crippen LogP contribution in [0.1, 0.15) is 48.3 Å². The van der Waals surface area contributed by atoms with Crippen LogP contribution in [0.15, 0.2) is 30.5 Å². The Morgan fingerprint density at radius 1 is 1.24 bits per heavy atom. The quantitative estimate of drug-likeness (QED) is 0.642. The first-order valence-electron chi connectivity index (χ1n) is 10.1. The molecule has 3 N–H and O–H groups in total. The molecule has 33 heavy (non-hydrogen) atoms. The van der Waals surface area contributed by atoms with E-state index in [0.717, 1.165) is 19.1 Å². The van der Waals surface area contributed by atoms with E-state index in [1.165, 1.54) is 32.2 Å². The summed E-state index contributed by atoms with van der Waals surface area (Å²) >= 11 is 0. The predicted octanol–water partition coefficient (Wildman–Crippen LogP) is 4.10. The second kappa shape index (κ2) is 8.69. The molecule has 1 saturated heterocycles. The molecule has 2 heterocycles. The van der Waals surface area contributed by atoms with E-state index >= 15 is 0 Å². The van der Waals surface area contributed by atoms with Gasteiger partial charge in [-0.2, -0.15) is 13.2 Å². The van der Waals surface area contributed by atoms with Gasteiger partial charge < -0.3 is 15.8 Å².